The second kappa shape index (κ2) is 42.1. The third kappa shape index (κ3) is 40.4. The molecule has 53 heavy (non-hydrogen) atoms. The summed E-state index contributed by atoms with van der Waals surface area (Å²) in [5.74, 6) is -0.951. The minimum absolute atomic E-state index is 0.0912. The Morgan fingerprint density at radius 2 is 0.679 bits per heavy atom. The van der Waals surface area contributed by atoms with E-state index in [4.69, 9.17) is 14.2 Å². The molecule has 0 aliphatic heterocycles. The van der Waals surface area contributed by atoms with Gasteiger partial charge in [0, 0.05) is 19.3 Å². The van der Waals surface area contributed by atoms with Crippen LogP contribution in [0.2, 0.25) is 0 Å². The zero-order chi connectivity index (χ0) is 38.7. The second-order valence-corrected chi connectivity index (χ2v) is 14.7. The quantitative estimate of drug-likeness (QED) is 0.0270. The second-order valence-electron chi connectivity index (χ2n) is 14.7. The highest BCUT2D eigenvalue weighted by Crippen LogP contribution is 2.14. The first-order valence-electron chi connectivity index (χ1n) is 22.2. The van der Waals surface area contributed by atoms with Crippen LogP contribution in [0, 0.1) is 0 Å². The molecule has 0 rings (SSSR count). The van der Waals surface area contributed by atoms with Gasteiger partial charge in [0.1, 0.15) is 13.2 Å². The standard InChI is InChI=1S/C47H82O6/c1-4-7-10-13-16-19-22-23-26-28-31-34-37-40-46(49)52-43-44(53-47(50)41-38-35-32-29-25-21-18-15-12-9-6-3)42-51-45(48)39-36-33-30-27-24-20-17-14-11-8-5-2/h14-15,17-18,20-21,24-25,44H,4-13,16,19,22-23,26-43H2,1-3H3/b17-14-,18-15-,24-20-,25-21-. The molecule has 6 heteroatoms. The van der Waals surface area contributed by atoms with Gasteiger partial charge in [-0.1, -0.05) is 185 Å². The Hall–Kier alpha value is -2.63. The Balaban J connectivity index is 4.43. The van der Waals surface area contributed by atoms with Crippen molar-refractivity contribution in [1.82, 2.24) is 0 Å². The van der Waals surface area contributed by atoms with Crippen molar-refractivity contribution in [2.75, 3.05) is 13.2 Å². The lowest BCUT2D eigenvalue weighted by Gasteiger charge is -2.18. The molecule has 0 N–H and O–H groups in total. The van der Waals surface area contributed by atoms with Crippen molar-refractivity contribution in [2.24, 2.45) is 0 Å². The Bertz CT molecular complexity index is 949. The summed E-state index contributed by atoms with van der Waals surface area (Å²) >= 11 is 0. The van der Waals surface area contributed by atoms with Crippen LogP contribution in [0.3, 0.4) is 0 Å². The van der Waals surface area contributed by atoms with Gasteiger partial charge in [-0.3, -0.25) is 14.4 Å². The summed E-state index contributed by atoms with van der Waals surface area (Å²) in [5.41, 5.74) is 0. The predicted molar refractivity (Wildman–Crippen MR) is 224 cm³/mol. The molecule has 0 saturated heterocycles. The highest BCUT2D eigenvalue weighted by atomic mass is 16.6. The fourth-order valence-corrected chi connectivity index (χ4v) is 5.92. The molecular formula is C47H82O6. The molecule has 0 aliphatic carbocycles. The SMILES string of the molecule is CCCC/C=C\C=C/CCCCCC(=O)OCC(COC(=O)CCCCCCCCCCCCCCC)OC(=O)CCCCC/C=C\C=C/CCCC. The van der Waals surface area contributed by atoms with Crippen molar-refractivity contribution in [3.05, 3.63) is 48.6 Å². The molecule has 0 aromatic carbocycles. The fourth-order valence-electron chi connectivity index (χ4n) is 5.92. The number of hydrogen-bond acceptors (Lipinski definition) is 6. The molecule has 0 heterocycles. The predicted octanol–water partition coefficient (Wildman–Crippen LogP) is 14.0. The zero-order valence-corrected chi connectivity index (χ0v) is 34.8. The number of esters is 3. The molecule has 0 aliphatic rings. The number of unbranched alkanes of at least 4 members (excludes halogenated alkanes) is 22. The van der Waals surface area contributed by atoms with Crippen LogP contribution in [0.1, 0.15) is 213 Å². The smallest absolute Gasteiger partial charge is 0.306 e. The third-order valence-electron chi connectivity index (χ3n) is 9.36. The molecule has 0 bridgehead atoms. The minimum atomic E-state index is -0.792. The van der Waals surface area contributed by atoms with E-state index in [0.717, 1.165) is 83.5 Å². The third-order valence-corrected chi connectivity index (χ3v) is 9.36. The maximum absolute atomic E-state index is 12.7. The lowest BCUT2D eigenvalue weighted by molar-refractivity contribution is -0.167. The van der Waals surface area contributed by atoms with Gasteiger partial charge in [-0.25, -0.2) is 0 Å². The Morgan fingerprint density at radius 3 is 1.06 bits per heavy atom. The van der Waals surface area contributed by atoms with Crippen LogP contribution in [0.5, 0.6) is 0 Å². The van der Waals surface area contributed by atoms with Crippen molar-refractivity contribution < 1.29 is 28.6 Å². The van der Waals surface area contributed by atoms with Gasteiger partial charge in [0.15, 0.2) is 6.10 Å². The van der Waals surface area contributed by atoms with Gasteiger partial charge in [0.2, 0.25) is 0 Å². The number of allylic oxidation sites excluding steroid dienone is 8. The summed E-state index contributed by atoms with van der Waals surface area (Å²) in [6, 6.07) is 0. The molecular weight excluding hydrogens is 661 g/mol. The first-order chi connectivity index (χ1) is 26.0. The van der Waals surface area contributed by atoms with Crippen LogP contribution < -0.4 is 0 Å². The number of carbonyl (C=O) groups is 3. The van der Waals surface area contributed by atoms with Crippen LogP contribution in [0.4, 0.5) is 0 Å². The van der Waals surface area contributed by atoms with Gasteiger partial charge in [0.05, 0.1) is 0 Å². The van der Waals surface area contributed by atoms with E-state index in [1.165, 1.54) is 89.9 Å². The van der Waals surface area contributed by atoms with E-state index in [-0.39, 0.29) is 31.1 Å². The van der Waals surface area contributed by atoms with Crippen LogP contribution in [-0.4, -0.2) is 37.2 Å². The molecule has 6 nitrogen and oxygen atoms in total. The summed E-state index contributed by atoms with van der Waals surface area (Å²) < 4.78 is 16.6. The molecule has 0 fully saturated rings. The van der Waals surface area contributed by atoms with E-state index in [2.05, 4.69) is 69.4 Å². The lowest BCUT2D eigenvalue weighted by atomic mass is 10.0. The Morgan fingerprint density at radius 1 is 0.377 bits per heavy atom. The van der Waals surface area contributed by atoms with Crippen molar-refractivity contribution in [3.63, 3.8) is 0 Å². The number of rotatable bonds is 39. The van der Waals surface area contributed by atoms with E-state index in [1.807, 2.05) is 0 Å². The highest BCUT2D eigenvalue weighted by Gasteiger charge is 2.19. The molecule has 1 unspecified atom stereocenters. The van der Waals surface area contributed by atoms with Crippen molar-refractivity contribution in [2.45, 2.75) is 219 Å². The number of hydrogen-bond donors (Lipinski definition) is 0. The number of carbonyl (C=O) groups excluding carboxylic acids is 3. The van der Waals surface area contributed by atoms with Crippen LogP contribution in [0.25, 0.3) is 0 Å². The van der Waals surface area contributed by atoms with Gasteiger partial charge < -0.3 is 14.2 Å². The summed E-state index contributed by atoms with van der Waals surface area (Å²) in [6.45, 7) is 6.47. The van der Waals surface area contributed by atoms with Crippen LogP contribution in [0.15, 0.2) is 48.6 Å². The van der Waals surface area contributed by atoms with E-state index in [0.29, 0.717) is 19.3 Å². The van der Waals surface area contributed by atoms with Gasteiger partial charge in [-0.15, -0.1) is 0 Å². The van der Waals surface area contributed by atoms with Gasteiger partial charge >= 0.3 is 17.9 Å². The van der Waals surface area contributed by atoms with E-state index < -0.39 is 6.10 Å². The van der Waals surface area contributed by atoms with E-state index in [1.54, 1.807) is 0 Å². The van der Waals surface area contributed by atoms with Crippen LogP contribution in [-0.2, 0) is 28.6 Å². The minimum Gasteiger partial charge on any atom is -0.462 e. The molecule has 1 atom stereocenters. The molecule has 0 amide bonds. The largest absolute Gasteiger partial charge is 0.462 e. The van der Waals surface area contributed by atoms with Gasteiger partial charge in [-0.2, -0.15) is 0 Å². The van der Waals surface area contributed by atoms with Crippen molar-refractivity contribution in [3.8, 4) is 0 Å². The highest BCUT2D eigenvalue weighted by molar-refractivity contribution is 5.71. The molecule has 0 spiro atoms. The summed E-state index contributed by atoms with van der Waals surface area (Å²) in [7, 11) is 0. The Kier molecular flexibility index (Phi) is 40.0. The summed E-state index contributed by atoms with van der Waals surface area (Å²) in [4.78, 5) is 37.6. The van der Waals surface area contributed by atoms with E-state index >= 15 is 0 Å². The molecule has 0 aromatic rings. The van der Waals surface area contributed by atoms with Gasteiger partial charge in [0.25, 0.3) is 0 Å². The topological polar surface area (TPSA) is 78.9 Å². The zero-order valence-electron chi connectivity index (χ0n) is 34.8. The van der Waals surface area contributed by atoms with Crippen molar-refractivity contribution in [1.29, 1.82) is 0 Å². The molecule has 0 radical (unpaired) electrons. The first-order valence-corrected chi connectivity index (χ1v) is 22.2. The van der Waals surface area contributed by atoms with Gasteiger partial charge in [-0.05, 0) is 57.8 Å². The summed E-state index contributed by atoms with van der Waals surface area (Å²) in [6.07, 6.45) is 48.1. The fraction of sp³-hybridized carbons (Fsp3) is 0.766. The average molecular weight is 743 g/mol. The molecule has 0 saturated carbocycles. The van der Waals surface area contributed by atoms with Crippen LogP contribution >= 0.6 is 0 Å². The lowest BCUT2D eigenvalue weighted by Crippen LogP contribution is -2.30. The maximum Gasteiger partial charge on any atom is 0.306 e. The number of ether oxygens (including phenoxy) is 3. The molecule has 306 valence electrons. The molecule has 0 aromatic heterocycles. The maximum atomic E-state index is 12.7. The van der Waals surface area contributed by atoms with E-state index in [9.17, 15) is 14.4 Å². The average Bonchev–Trinajstić information content (AvgIpc) is 3.15. The monoisotopic (exact) mass is 743 g/mol. The summed E-state index contributed by atoms with van der Waals surface area (Å²) in [5, 5.41) is 0. The van der Waals surface area contributed by atoms with Crippen molar-refractivity contribution >= 4 is 17.9 Å². The first kappa shape index (κ1) is 50.4. The normalized spacial score (nSPS) is 12.4. The Labute approximate surface area is 327 Å².